The van der Waals surface area contributed by atoms with Crippen LogP contribution in [0.1, 0.15) is 11.1 Å². The third kappa shape index (κ3) is 2.92. The minimum atomic E-state index is 0.481. The topological polar surface area (TPSA) is 55.7 Å². The van der Waals surface area contributed by atoms with E-state index < -0.39 is 0 Å². The van der Waals surface area contributed by atoms with Gasteiger partial charge in [-0.25, -0.2) is 9.98 Å². The van der Waals surface area contributed by atoms with E-state index in [1.165, 1.54) is 27.4 Å². The van der Waals surface area contributed by atoms with Crippen LogP contribution in [0.15, 0.2) is 107 Å². The summed E-state index contributed by atoms with van der Waals surface area (Å²) in [4.78, 5) is 9.26. The van der Waals surface area contributed by atoms with E-state index in [0.29, 0.717) is 12.3 Å². The maximum absolute atomic E-state index is 6.42. The van der Waals surface area contributed by atoms with Gasteiger partial charge in [0.15, 0.2) is 0 Å². The van der Waals surface area contributed by atoms with Crippen molar-refractivity contribution in [1.82, 2.24) is 4.57 Å². The number of hydrogen-bond donors (Lipinski definition) is 1. The van der Waals surface area contributed by atoms with Gasteiger partial charge in [-0.2, -0.15) is 0 Å². The molecule has 2 N–H and O–H groups in total. The molecule has 1 aliphatic heterocycles. The first-order valence-electron chi connectivity index (χ1n) is 10.4. The predicted octanol–water partition coefficient (Wildman–Crippen LogP) is 5.78. The van der Waals surface area contributed by atoms with Crippen molar-refractivity contribution in [2.24, 2.45) is 15.7 Å². The number of fused-ring (bicyclic) bond motifs is 4. The zero-order valence-electron chi connectivity index (χ0n) is 16.9. The normalized spacial score (nSPS) is 13.5. The Balaban J connectivity index is 1.45. The summed E-state index contributed by atoms with van der Waals surface area (Å²) in [6.07, 6.45) is 0.712. The van der Waals surface area contributed by atoms with Crippen LogP contribution in [0.5, 0.6) is 0 Å². The van der Waals surface area contributed by atoms with Gasteiger partial charge < -0.3 is 10.3 Å². The Kier molecular flexibility index (Phi) is 3.96. The Morgan fingerprint density at radius 3 is 2.19 bits per heavy atom. The average molecular weight is 400 g/mol. The van der Waals surface area contributed by atoms with Crippen molar-refractivity contribution in [2.45, 2.75) is 6.42 Å². The van der Waals surface area contributed by atoms with Crippen LogP contribution in [0.4, 0.5) is 5.69 Å². The average Bonchev–Trinajstić information content (AvgIpc) is 3.37. The largest absolute Gasteiger partial charge is 0.383 e. The summed E-state index contributed by atoms with van der Waals surface area (Å²) < 4.78 is 2.28. The second-order valence-corrected chi connectivity index (χ2v) is 7.75. The number of amidine groups is 2. The molecule has 5 aromatic rings. The van der Waals surface area contributed by atoms with Gasteiger partial charge in [0, 0.05) is 28.4 Å². The second kappa shape index (κ2) is 6.96. The van der Waals surface area contributed by atoms with E-state index in [2.05, 4.69) is 81.3 Å². The van der Waals surface area contributed by atoms with Crippen LogP contribution in [-0.4, -0.2) is 16.2 Å². The summed E-state index contributed by atoms with van der Waals surface area (Å²) in [6.45, 7) is 0. The molecule has 1 aromatic heterocycles. The molecule has 0 radical (unpaired) electrons. The Labute approximate surface area is 180 Å². The van der Waals surface area contributed by atoms with Gasteiger partial charge in [-0.3, -0.25) is 0 Å². The lowest BCUT2D eigenvalue weighted by Crippen LogP contribution is -2.16. The van der Waals surface area contributed by atoms with Gasteiger partial charge >= 0.3 is 0 Å². The zero-order chi connectivity index (χ0) is 20.8. The van der Waals surface area contributed by atoms with E-state index in [1.807, 2.05) is 30.3 Å². The first-order chi connectivity index (χ1) is 15.3. The molecule has 0 amide bonds. The van der Waals surface area contributed by atoms with Gasteiger partial charge in [0.1, 0.15) is 11.7 Å². The first-order valence-corrected chi connectivity index (χ1v) is 10.4. The highest BCUT2D eigenvalue weighted by Gasteiger charge is 2.15. The SMILES string of the molecule is NC(=NC1=Nc2ccccc2C1)c1cccc(-n2c3ccccc3c3ccccc32)c1. The van der Waals surface area contributed by atoms with Gasteiger partial charge in [0.05, 0.1) is 16.7 Å². The van der Waals surface area contributed by atoms with Crippen LogP contribution in [0, 0.1) is 0 Å². The maximum Gasteiger partial charge on any atom is 0.135 e. The number of aromatic nitrogens is 1. The third-order valence-electron chi connectivity index (χ3n) is 5.82. The third-order valence-corrected chi connectivity index (χ3v) is 5.82. The van der Waals surface area contributed by atoms with E-state index in [9.17, 15) is 0 Å². The minimum absolute atomic E-state index is 0.481. The molecular weight excluding hydrogens is 380 g/mol. The van der Waals surface area contributed by atoms with Gasteiger partial charge in [-0.15, -0.1) is 0 Å². The van der Waals surface area contributed by atoms with E-state index in [0.717, 1.165) is 22.8 Å². The Morgan fingerprint density at radius 2 is 1.45 bits per heavy atom. The zero-order valence-corrected chi connectivity index (χ0v) is 16.9. The molecule has 31 heavy (non-hydrogen) atoms. The van der Waals surface area contributed by atoms with E-state index in [4.69, 9.17) is 5.73 Å². The summed E-state index contributed by atoms with van der Waals surface area (Å²) in [6, 6.07) is 33.3. The highest BCUT2D eigenvalue weighted by molar-refractivity contribution is 6.10. The molecule has 0 unspecified atom stereocenters. The molecule has 4 aromatic carbocycles. The van der Waals surface area contributed by atoms with Crippen LogP contribution in [0.25, 0.3) is 27.5 Å². The predicted molar refractivity (Wildman–Crippen MR) is 129 cm³/mol. The van der Waals surface area contributed by atoms with Gasteiger partial charge in [-0.1, -0.05) is 66.7 Å². The summed E-state index contributed by atoms with van der Waals surface area (Å²) in [5.74, 6) is 1.23. The Morgan fingerprint density at radius 1 is 0.774 bits per heavy atom. The molecule has 0 saturated heterocycles. The highest BCUT2D eigenvalue weighted by atomic mass is 15.0. The van der Waals surface area contributed by atoms with Crippen molar-refractivity contribution < 1.29 is 0 Å². The molecule has 1 aliphatic rings. The Hall–Kier alpha value is -4.18. The number of aliphatic imine (C=N–C) groups is 2. The van der Waals surface area contributed by atoms with Crippen LogP contribution in [-0.2, 0) is 6.42 Å². The van der Waals surface area contributed by atoms with Crippen LogP contribution < -0.4 is 5.73 Å². The number of benzene rings is 4. The first kappa shape index (κ1) is 17.7. The molecule has 148 valence electrons. The molecule has 0 atom stereocenters. The fourth-order valence-electron chi connectivity index (χ4n) is 4.39. The van der Waals surface area contributed by atoms with Gasteiger partial charge in [-0.05, 0) is 35.9 Å². The molecule has 0 aliphatic carbocycles. The van der Waals surface area contributed by atoms with Gasteiger partial charge in [0.25, 0.3) is 0 Å². The molecule has 4 nitrogen and oxygen atoms in total. The quantitative estimate of drug-likeness (QED) is 0.297. The maximum atomic E-state index is 6.42. The lowest BCUT2D eigenvalue weighted by molar-refractivity contribution is 1.18. The molecule has 0 spiro atoms. The molecular formula is C27H20N4. The van der Waals surface area contributed by atoms with Crippen molar-refractivity contribution in [3.63, 3.8) is 0 Å². The van der Waals surface area contributed by atoms with E-state index in [-0.39, 0.29) is 0 Å². The molecule has 0 bridgehead atoms. The number of nitrogens with two attached hydrogens (primary N) is 1. The monoisotopic (exact) mass is 400 g/mol. The Bertz CT molecular complexity index is 1470. The van der Waals surface area contributed by atoms with Crippen molar-refractivity contribution in [3.05, 3.63) is 108 Å². The minimum Gasteiger partial charge on any atom is -0.383 e. The van der Waals surface area contributed by atoms with E-state index >= 15 is 0 Å². The van der Waals surface area contributed by atoms with Gasteiger partial charge in [0.2, 0.25) is 0 Å². The second-order valence-electron chi connectivity index (χ2n) is 7.75. The van der Waals surface area contributed by atoms with Crippen LogP contribution >= 0.6 is 0 Å². The summed E-state index contributed by atoms with van der Waals surface area (Å²) >= 11 is 0. The molecule has 0 fully saturated rings. The van der Waals surface area contributed by atoms with Crippen LogP contribution in [0.3, 0.4) is 0 Å². The van der Waals surface area contributed by atoms with Crippen molar-refractivity contribution >= 4 is 39.2 Å². The highest BCUT2D eigenvalue weighted by Crippen LogP contribution is 2.32. The van der Waals surface area contributed by atoms with Crippen LogP contribution in [0.2, 0.25) is 0 Å². The molecule has 6 rings (SSSR count). The smallest absolute Gasteiger partial charge is 0.135 e. The lowest BCUT2D eigenvalue weighted by atomic mass is 10.1. The number of rotatable bonds is 2. The number of para-hydroxylation sites is 3. The molecule has 2 heterocycles. The molecule has 4 heteroatoms. The number of hydrogen-bond acceptors (Lipinski definition) is 2. The summed E-state index contributed by atoms with van der Waals surface area (Å²) in [5.41, 5.74) is 12.9. The lowest BCUT2D eigenvalue weighted by Gasteiger charge is -2.10. The van der Waals surface area contributed by atoms with Crippen molar-refractivity contribution in [2.75, 3.05) is 0 Å². The van der Waals surface area contributed by atoms with Crippen molar-refractivity contribution in [3.8, 4) is 5.69 Å². The standard InChI is InChI=1S/C27H20N4/c28-27(30-26-17-18-8-1-4-13-23(18)29-26)19-9-7-10-20(16-19)31-24-14-5-2-11-21(24)22-12-3-6-15-25(22)31/h1-16H,17H2,(H2,28,29,30). The molecule has 0 saturated carbocycles. The summed E-state index contributed by atoms with van der Waals surface area (Å²) in [5, 5.41) is 2.48. The number of nitrogens with zero attached hydrogens (tertiary/aromatic N) is 3. The fraction of sp³-hybridized carbons (Fsp3) is 0.0370. The summed E-state index contributed by atoms with van der Waals surface area (Å²) in [7, 11) is 0. The fourth-order valence-corrected chi connectivity index (χ4v) is 4.39. The van der Waals surface area contributed by atoms with E-state index in [1.54, 1.807) is 0 Å². The van der Waals surface area contributed by atoms with Crippen molar-refractivity contribution in [1.29, 1.82) is 0 Å².